The van der Waals surface area contributed by atoms with Gasteiger partial charge in [0.25, 0.3) is 0 Å². The Kier molecular flexibility index (Phi) is 5.61. The number of ether oxygens (including phenoxy) is 2. The number of hydrogen-bond acceptors (Lipinski definition) is 4. The molecule has 1 heterocycles. The predicted molar refractivity (Wildman–Crippen MR) is 106 cm³/mol. The normalized spacial score (nSPS) is 16.5. The molecule has 0 unspecified atom stereocenters. The summed E-state index contributed by atoms with van der Waals surface area (Å²) >= 11 is 1.73. The number of nitrogens with zero attached hydrogens (tertiary/aromatic N) is 1. The number of carbonyl (C=O) groups excluding carboxylic acids is 1. The topological polar surface area (TPSA) is 50.8 Å². The zero-order valence-corrected chi connectivity index (χ0v) is 16.4. The molecule has 2 amide bonds. The van der Waals surface area contributed by atoms with E-state index < -0.39 is 0 Å². The third-order valence-corrected chi connectivity index (χ3v) is 5.94. The maximum absolute atomic E-state index is 12.9. The van der Waals surface area contributed by atoms with Crippen LogP contribution in [-0.4, -0.2) is 37.4 Å². The Morgan fingerprint density at radius 3 is 2.73 bits per heavy atom. The summed E-state index contributed by atoms with van der Waals surface area (Å²) in [6, 6.07) is 11.5. The van der Waals surface area contributed by atoms with Gasteiger partial charge in [-0.3, -0.25) is 0 Å². The second-order valence-electron chi connectivity index (χ2n) is 6.20. The maximum Gasteiger partial charge on any atom is 0.323 e. The molecule has 1 N–H and O–H groups in total. The van der Waals surface area contributed by atoms with Crippen LogP contribution in [0.25, 0.3) is 0 Å². The van der Waals surface area contributed by atoms with Crippen LogP contribution in [0.4, 0.5) is 10.5 Å². The Morgan fingerprint density at radius 1 is 1.19 bits per heavy atom. The first-order chi connectivity index (χ1) is 12.5. The first-order valence-electron chi connectivity index (χ1n) is 8.52. The summed E-state index contributed by atoms with van der Waals surface area (Å²) in [6.07, 6.45) is 0. The molecule has 0 bridgehead atoms. The number of amides is 2. The van der Waals surface area contributed by atoms with Gasteiger partial charge in [0, 0.05) is 23.5 Å². The van der Waals surface area contributed by atoms with Crippen LogP contribution in [0.5, 0.6) is 11.5 Å². The van der Waals surface area contributed by atoms with E-state index >= 15 is 0 Å². The Hall–Kier alpha value is -2.34. The standard InChI is InChI=1S/C20H24N2O3S/c1-13-6-5-7-17(14(13)2)21-20(23)22-10-11-26-19(22)16-12-15(24-3)8-9-18(16)25-4/h5-9,12,19H,10-11H2,1-4H3,(H,21,23)/t19-/m0/s1. The molecule has 1 aliphatic rings. The predicted octanol–water partition coefficient (Wildman–Crippen LogP) is 4.60. The highest BCUT2D eigenvalue weighted by Crippen LogP contribution is 2.43. The number of methoxy groups -OCH3 is 2. The van der Waals surface area contributed by atoms with E-state index in [0.29, 0.717) is 6.54 Å². The van der Waals surface area contributed by atoms with E-state index in [0.717, 1.165) is 39.6 Å². The zero-order valence-electron chi connectivity index (χ0n) is 15.5. The highest BCUT2D eigenvalue weighted by atomic mass is 32.2. The van der Waals surface area contributed by atoms with Gasteiger partial charge in [-0.1, -0.05) is 12.1 Å². The molecule has 0 radical (unpaired) electrons. The van der Waals surface area contributed by atoms with Crippen LogP contribution in [0, 0.1) is 13.8 Å². The largest absolute Gasteiger partial charge is 0.497 e. The Balaban J connectivity index is 1.86. The molecule has 5 nitrogen and oxygen atoms in total. The van der Waals surface area contributed by atoms with Gasteiger partial charge < -0.3 is 19.7 Å². The molecule has 1 fully saturated rings. The van der Waals surface area contributed by atoms with Crippen molar-refractivity contribution in [3.63, 3.8) is 0 Å². The lowest BCUT2D eigenvalue weighted by atomic mass is 10.1. The van der Waals surface area contributed by atoms with Crippen molar-refractivity contribution >= 4 is 23.5 Å². The molecule has 0 aliphatic carbocycles. The molecule has 0 aromatic heterocycles. The Labute approximate surface area is 158 Å². The first kappa shape index (κ1) is 18.5. The molecular weight excluding hydrogens is 348 g/mol. The third kappa shape index (κ3) is 3.60. The lowest BCUT2D eigenvalue weighted by Gasteiger charge is -2.26. The van der Waals surface area contributed by atoms with Crippen LogP contribution in [0.2, 0.25) is 0 Å². The minimum absolute atomic E-state index is 0.0985. The number of aryl methyl sites for hydroxylation is 1. The van der Waals surface area contributed by atoms with E-state index in [4.69, 9.17) is 9.47 Å². The molecule has 3 rings (SSSR count). The molecule has 6 heteroatoms. The Morgan fingerprint density at radius 2 is 2.00 bits per heavy atom. The van der Waals surface area contributed by atoms with Gasteiger partial charge in [-0.2, -0.15) is 0 Å². The van der Waals surface area contributed by atoms with Crippen molar-refractivity contribution in [3.05, 3.63) is 53.1 Å². The van der Waals surface area contributed by atoms with Crippen LogP contribution in [0.3, 0.4) is 0 Å². The number of thioether (sulfide) groups is 1. The third-order valence-electron chi connectivity index (χ3n) is 4.70. The zero-order chi connectivity index (χ0) is 18.7. The average Bonchev–Trinajstić information content (AvgIpc) is 3.14. The van der Waals surface area contributed by atoms with E-state index in [1.54, 1.807) is 26.0 Å². The van der Waals surface area contributed by atoms with Crippen LogP contribution in [-0.2, 0) is 0 Å². The highest BCUT2D eigenvalue weighted by molar-refractivity contribution is 7.99. The summed E-state index contributed by atoms with van der Waals surface area (Å²) in [4.78, 5) is 14.8. The maximum atomic E-state index is 12.9. The van der Waals surface area contributed by atoms with E-state index in [1.165, 1.54) is 0 Å². The minimum Gasteiger partial charge on any atom is -0.497 e. The summed E-state index contributed by atoms with van der Waals surface area (Å²) in [5, 5.41) is 2.95. The smallest absolute Gasteiger partial charge is 0.323 e. The van der Waals surface area contributed by atoms with Gasteiger partial charge in [-0.15, -0.1) is 11.8 Å². The van der Waals surface area contributed by atoms with Gasteiger partial charge in [-0.25, -0.2) is 4.79 Å². The van der Waals surface area contributed by atoms with Crippen LogP contribution in [0.1, 0.15) is 22.1 Å². The van der Waals surface area contributed by atoms with Crippen LogP contribution in [0.15, 0.2) is 36.4 Å². The van der Waals surface area contributed by atoms with E-state index in [1.807, 2.05) is 55.1 Å². The lowest BCUT2D eigenvalue weighted by Crippen LogP contribution is -2.34. The van der Waals surface area contributed by atoms with Crippen molar-refractivity contribution in [3.8, 4) is 11.5 Å². The van der Waals surface area contributed by atoms with Gasteiger partial charge in [-0.05, 0) is 49.2 Å². The van der Waals surface area contributed by atoms with Gasteiger partial charge in [0.05, 0.1) is 14.2 Å². The van der Waals surface area contributed by atoms with Gasteiger partial charge in [0.2, 0.25) is 0 Å². The fourth-order valence-corrected chi connectivity index (χ4v) is 4.31. The van der Waals surface area contributed by atoms with Crippen LogP contribution >= 0.6 is 11.8 Å². The number of carbonyl (C=O) groups is 1. The summed E-state index contributed by atoms with van der Waals surface area (Å²) < 4.78 is 10.9. The van der Waals surface area contributed by atoms with Gasteiger partial charge in [0.15, 0.2) is 0 Å². The molecule has 2 aromatic carbocycles. The Bertz CT molecular complexity index is 810. The highest BCUT2D eigenvalue weighted by Gasteiger charge is 2.33. The van der Waals surface area contributed by atoms with Crippen molar-refractivity contribution in [1.29, 1.82) is 0 Å². The van der Waals surface area contributed by atoms with Crippen molar-refractivity contribution in [2.24, 2.45) is 0 Å². The molecule has 0 spiro atoms. The number of hydrogen-bond donors (Lipinski definition) is 1. The summed E-state index contributed by atoms with van der Waals surface area (Å²) in [6.45, 7) is 4.75. The van der Waals surface area contributed by atoms with E-state index in [9.17, 15) is 4.79 Å². The van der Waals surface area contributed by atoms with E-state index in [-0.39, 0.29) is 11.4 Å². The molecular formula is C20H24N2O3S. The fourth-order valence-electron chi connectivity index (χ4n) is 3.04. The monoisotopic (exact) mass is 372 g/mol. The van der Waals surface area contributed by atoms with Gasteiger partial charge in [0.1, 0.15) is 16.9 Å². The SMILES string of the molecule is COc1ccc(OC)c([C@@H]2SCCN2C(=O)Nc2cccc(C)c2C)c1. The number of nitrogens with one attached hydrogen (secondary N) is 1. The fraction of sp³-hybridized carbons (Fsp3) is 0.350. The second kappa shape index (κ2) is 7.91. The van der Waals surface area contributed by atoms with Crippen molar-refractivity contribution < 1.29 is 14.3 Å². The molecule has 1 aliphatic heterocycles. The average molecular weight is 372 g/mol. The minimum atomic E-state index is -0.106. The summed E-state index contributed by atoms with van der Waals surface area (Å²) in [5.74, 6) is 2.39. The van der Waals surface area contributed by atoms with Crippen molar-refractivity contribution in [2.75, 3.05) is 31.8 Å². The van der Waals surface area contributed by atoms with Crippen molar-refractivity contribution in [1.82, 2.24) is 4.90 Å². The quantitative estimate of drug-likeness (QED) is 0.852. The molecule has 2 aromatic rings. The molecule has 1 atom stereocenters. The number of urea groups is 1. The summed E-state index contributed by atoms with van der Waals surface area (Å²) in [7, 11) is 3.28. The lowest BCUT2D eigenvalue weighted by molar-refractivity contribution is 0.213. The second-order valence-corrected chi connectivity index (χ2v) is 7.39. The van der Waals surface area contributed by atoms with E-state index in [2.05, 4.69) is 5.32 Å². The molecule has 26 heavy (non-hydrogen) atoms. The molecule has 0 saturated carbocycles. The van der Waals surface area contributed by atoms with Gasteiger partial charge >= 0.3 is 6.03 Å². The summed E-state index contributed by atoms with van der Waals surface area (Å²) in [5.41, 5.74) is 4.04. The number of anilines is 1. The molecule has 1 saturated heterocycles. The van der Waals surface area contributed by atoms with Crippen molar-refractivity contribution in [2.45, 2.75) is 19.2 Å². The number of benzene rings is 2. The molecule has 138 valence electrons. The number of rotatable bonds is 4. The first-order valence-corrected chi connectivity index (χ1v) is 9.57. The van der Waals surface area contributed by atoms with Crippen LogP contribution < -0.4 is 14.8 Å².